The minimum atomic E-state index is -0.507. The molecule has 0 radical (unpaired) electrons. The third-order valence-electron chi connectivity index (χ3n) is 4.36. The van der Waals surface area contributed by atoms with Gasteiger partial charge in [-0.05, 0) is 60.4 Å². The number of benzene rings is 2. The Hall–Kier alpha value is -3.21. The van der Waals surface area contributed by atoms with Crippen LogP contribution in [0.2, 0.25) is 0 Å². The van der Waals surface area contributed by atoms with E-state index < -0.39 is 5.95 Å². The lowest BCUT2D eigenvalue weighted by atomic mass is 10.0. The summed E-state index contributed by atoms with van der Waals surface area (Å²) in [5, 5.41) is 1.02. The van der Waals surface area contributed by atoms with Crippen LogP contribution in [0.15, 0.2) is 57.9 Å². The highest BCUT2D eigenvalue weighted by molar-refractivity contribution is 5.93. The number of hydrogen-bond acceptors (Lipinski definition) is 4. The predicted molar refractivity (Wildman–Crippen MR) is 98.3 cm³/mol. The van der Waals surface area contributed by atoms with Gasteiger partial charge in [0.2, 0.25) is 11.4 Å². The van der Waals surface area contributed by atoms with E-state index in [0.717, 1.165) is 16.7 Å². The Bertz CT molecular complexity index is 1180. The van der Waals surface area contributed by atoms with E-state index >= 15 is 0 Å². The molecule has 0 aliphatic rings. The molecule has 2 heterocycles. The van der Waals surface area contributed by atoms with Crippen molar-refractivity contribution < 1.29 is 13.5 Å². The molecule has 5 heteroatoms. The van der Waals surface area contributed by atoms with Gasteiger partial charge in [-0.15, -0.1) is 0 Å². The largest absolute Gasteiger partial charge is 0.493 e. The Labute approximate surface area is 148 Å². The Morgan fingerprint density at radius 1 is 1.08 bits per heavy atom. The van der Waals surface area contributed by atoms with Crippen molar-refractivity contribution in [3.8, 4) is 5.75 Å². The fraction of sp³-hybridized carbons (Fsp3) is 0.143. The van der Waals surface area contributed by atoms with E-state index in [4.69, 9.17) is 9.15 Å². The minimum Gasteiger partial charge on any atom is -0.493 e. The van der Waals surface area contributed by atoms with E-state index in [1.807, 2.05) is 25.1 Å². The van der Waals surface area contributed by atoms with Crippen molar-refractivity contribution in [2.45, 2.75) is 13.3 Å². The summed E-state index contributed by atoms with van der Waals surface area (Å²) in [4.78, 5) is 16.5. The van der Waals surface area contributed by atoms with E-state index in [1.165, 1.54) is 12.3 Å². The van der Waals surface area contributed by atoms with E-state index in [1.54, 1.807) is 25.3 Å². The Kier molecular flexibility index (Phi) is 3.92. The molecule has 26 heavy (non-hydrogen) atoms. The highest BCUT2D eigenvalue weighted by Crippen LogP contribution is 2.29. The van der Waals surface area contributed by atoms with Crippen LogP contribution in [0.5, 0.6) is 5.75 Å². The highest BCUT2D eigenvalue weighted by atomic mass is 19.1. The average Bonchev–Trinajstić information content (AvgIpc) is 2.64. The van der Waals surface area contributed by atoms with Gasteiger partial charge in [-0.1, -0.05) is 12.1 Å². The van der Waals surface area contributed by atoms with E-state index in [9.17, 15) is 9.18 Å². The quantitative estimate of drug-likeness (QED) is 0.407. The van der Waals surface area contributed by atoms with Crippen molar-refractivity contribution in [3.63, 3.8) is 0 Å². The molecular weight excluding hydrogens is 333 g/mol. The molecule has 4 nitrogen and oxygen atoms in total. The number of pyridine rings is 1. The zero-order valence-corrected chi connectivity index (χ0v) is 14.4. The van der Waals surface area contributed by atoms with Crippen molar-refractivity contribution in [3.05, 3.63) is 81.5 Å². The molecule has 2 aromatic carbocycles. The fourth-order valence-electron chi connectivity index (χ4n) is 3.12. The van der Waals surface area contributed by atoms with Gasteiger partial charge >= 0.3 is 0 Å². The van der Waals surface area contributed by atoms with Gasteiger partial charge in [0.1, 0.15) is 5.58 Å². The molecular formula is C21H16FNO3. The first-order valence-electron chi connectivity index (χ1n) is 8.19. The summed E-state index contributed by atoms with van der Waals surface area (Å²) in [7, 11) is 1.55. The maximum absolute atomic E-state index is 13.0. The Morgan fingerprint density at radius 3 is 2.62 bits per heavy atom. The van der Waals surface area contributed by atoms with Crippen molar-refractivity contribution >= 4 is 21.9 Å². The molecule has 0 N–H and O–H groups in total. The first-order chi connectivity index (χ1) is 12.5. The van der Waals surface area contributed by atoms with Gasteiger partial charge in [-0.25, -0.2) is 4.98 Å². The molecule has 4 rings (SSSR count). The predicted octanol–water partition coefficient (Wildman–Crippen LogP) is 4.39. The standard InChI is InChI=1S/C21H16FNO3/c1-12-7-16-20(24)15-5-3-13(9-14-4-6-19(22)23-11-14)10-17(15)26-21(16)18(8-12)25-2/h3-8,10-11H,9H2,1-2H3. The minimum absolute atomic E-state index is 0.0850. The average molecular weight is 349 g/mol. The van der Waals surface area contributed by atoms with Crippen LogP contribution in [0.1, 0.15) is 16.7 Å². The van der Waals surface area contributed by atoms with Gasteiger partial charge in [-0.2, -0.15) is 4.39 Å². The second-order valence-electron chi connectivity index (χ2n) is 6.27. The van der Waals surface area contributed by atoms with E-state index in [0.29, 0.717) is 34.1 Å². The molecule has 0 amide bonds. The van der Waals surface area contributed by atoms with Crippen LogP contribution in [0.3, 0.4) is 0 Å². The van der Waals surface area contributed by atoms with E-state index in [-0.39, 0.29) is 5.43 Å². The van der Waals surface area contributed by atoms with Gasteiger partial charge in [0, 0.05) is 6.20 Å². The number of aromatic nitrogens is 1. The van der Waals surface area contributed by atoms with Crippen LogP contribution in [0.25, 0.3) is 21.9 Å². The third kappa shape index (κ3) is 2.81. The topological polar surface area (TPSA) is 52.3 Å². The summed E-state index contributed by atoms with van der Waals surface area (Å²) in [5.41, 5.74) is 3.61. The molecule has 0 aliphatic heterocycles. The number of halogens is 1. The zero-order chi connectivity index (χ0) is 18.3. The second kappa shape index (κ2) is 6.26. The Balaban J connectivity index is 1.87. The van der Waals surface area contributed by atoms with Gasteiger partial charge in [0.05, 0.1) is 17.9 Å². The fourth-order valence-corrected chi connectivity index (χ4v) is 3.12. The van der Waals surface area contributed by atoms with Gasteiger partial charge < -0.3 is 9.15 Å². The van der Waals surface area contributed by atoms with Crippen LogP contribution in [-0.4, -0.2) is 12.1 Å². The number of methoxy groups -OCH3 is 1. The van der Waals surface area contributed by atoms with Gasteiger partial charge in [0.25, 0.3) is 0 Å². The van der Waals surface area contributed by atoms with Crippen molar-refractivity contribution in [2.24, 2.45) is 0 Å². The molecule has 130 valence electrons. The van der Waals surface area contributed by atoms with Crippen LogP contribution in [-0.2, 0) is 6.42 Å². The molecule has 0 bridgehead atoms. The van der Waals surface area contributed by atoms with Crippen LogP contribution in [0, 0.1) is 12.9 Å². The second-order valence-corrected chi connectivity index (χ2v) is 6.27. The molecule has 0 saturated heterocycles. The number of rotatable bonds is 3. The first-order valence-corrected chi connectivity index (χ1v) is 8.19. The van der Waals surface area contributed by atoms with Crippen LogP contribution < -0.4 is 10.2 Å². The lowest BCUT2D eigenvalue weighted by molar-refractivity contribution is 0.411. The van der Waals surface area contributed by atoms with Crippen molar-refractivity contribution in [2.75, 3.05) is 7.11 Å². The monoisotopic (exact) mass is 349 g/mol. The molecule has 0 saturated carbocycles. The zero-order valence-electron chi connectivity index (χ0n) is 14.4. The first kappa shape index (κ1) is 16.3. The number of nitrogens with zero attached hydrogens (tertiary/aromatic N) is 1. The highest BCUT2D eigenvalue weighted by Gasteiger charge is 2.13. The van der Waals surface area contributed by atoms with Crippen LogP contribution in [0.4, 0.5) is 4.39 Å². The summed E-state index contributed by atoms with van der Waals surface area (Å²) >= 11 is 0. The molecule has 0 atom stereocenters. The number of fused-ring (bicyclic) bond motifs is 2. The maximum atomic E-state index is 13.0. The summed E-state index contributed by atoms with van der Waals surface area (Å²) in [5.74, 6) is 0.0271. The van der Waals surface area contributed by atoms with Gasteiger partial charge in [0.15, 0.2) is 11.3 Å². The smallest absolute Gasteiger partial charge is 0.212 e. The lowest BCUT2D eigenvalue weighted by Crippen LogP contribution is -2.04. The lowest BCUT2D eigenvalue weighted by Gasteiger charge is -2.08. The molecule has 0 fully saturated rings. The Morgan fingerprint density at radius 2 is 1.88 bits per heavy atom. The summed E-state index contributed by atoms with van der Waals surface area (Å²) in [6.45, 7) is 1.91. The van der Waals surface area contributed by atoms with Crippen molar-refractivity contribution in [1.82, 2.24) is 4.98 Å². The van der Waals surface area contributed by atoms with Gasteiger partial charge in [-0.3, -0.25) is 4.79 Å². The summed E-state index contributed by atoms with van der Waals surface area (Å²) in [6.07, 6.45) is 2.07. The van der Waals surface area contributed by atoms with E-state index in [2.05, 4.69) is 4.98 Å². The molecule has 0 aliphatic carbocycles. The molecule has 0 unspecified atom stereocenters. The van der Waals surface area contributed by atoms with Crippen molar-refractivity contribution in [1.29, 1.82) is 0 Å². The summed E-state index contributed by atoms with van der Waals surface area (Å²) < 4.78 is 24.3. The van der Waals surface area contributed by atoms with Crippen LogP contribution >= 0.6 is 0 Å². The molecule has 2 aromatic heterocycles. The number of hydrogen-bond donors (Lipinski definition) is 0. The third-order valence-corrected chi connectivity index (χ3v) is 4.36. The molecule has 0 spiro atoms. The molecule has 4 aromatic rings. The summed E-state index contributed by atoms with van der Waals surface area (Å²) in [6, 6.07) is 12.1. The SMILES string of the molecule is COc1cc(C)cc2c(=O)c3ccc(Cc4ccc(F)nc4)cc3oc12. The number of ether oxygens (including phenoxy) is 1. The normalized spacial score (nSPS) is 11.2. The number of aryl methyl sites for hydroxylation is 1. The maximum Gasteiger partial charge on any atom is 0.212 e.